The third-order valence-corrected chi connectivity index (χ3v) is 7.19. The van der Waals surface area contributed by atoms with Crippen LogP contribution >= 0.6 is 23.4 Å². The molecule has 2 rings (SSSR count). The van der Waals surface area contributed by atoms with Gasteiger partial charge in [0.15, 0.2) is 0 Å². The van der Waals surface area contributed by atoms with Gasteiger partial charge in [-0.05, 0) is 36.2 Å². The van der Waals surface area contributed by atoms with E-state index < -0.39 is 10.0 Å². The zero-order valence-corrected chi connectivity index (χ0v) is 18.2. The van der Waals surface area contributed by atoms with Crippen LogP contribution < -0.4 is 5.32 Å². The monoisotopic (exact) mass is 440 g/mol. The molecule has 0 radical (unpaired) electrons. The number of nitrogens with one attached hydrogen (secondary N) is 1. The maximum atomic E-state index is 12.4. The largest absolute Gasteiger partial charge is 0.355 e. The summed E-state index contributed by atoms with van der Waals surface area (Å²) in [6, 6.07) is 16.0. The lowest BCUT2D eigenvalue weighted by Crippen LogP contribution is -2.30. The van der Waals surface area contributed by atoms with Crippen molar-refractivity contribution in [3.63, 3.8) is 0 Å². The molecule has 0 saturated heterocycles. The number of thioether (sulfide) groups is 1. The van der Waals surface area contributed by atoms with E-state index in [9.17, 15) is 13.2 Å². The third-order valence-electron chi connectivity index (χ3n) is 4.05. The number of halogens is 1. The zero-order valence-electron chi connectivity index (χ0n) is 15.8. The lowest BCUT2D eigenvalue weighted by Gasteiger charge is -2.17. The molecule has 5 nitrogen and oxygen atoms in total. The lowest BCUT2D eigenvalue weighted by atomic mass is 10.2. The molecule has 2 aromatic rings. The normalized spacial score (nSPS) is 11.5. The van der Waals surface area contributed by atoms with Crippen LogP contribution in [0.25, 0.3) is 0 Å². The summed E-state index contributed by atoms with van der Waals surface area (Å²) in [4.78, 5) is 12.2. The van der Waals surface area contributed by atoms with Gasteiger partial charge in [-0.25, -0.2) is 12.7 Å². The first kappa shape index (κ1) is 22.7. The predicted octanol–water partition coefficient (Wildman–Crippen LogP) is 3.79. The van der Waals surface area contributed by atoms with Crippen molar-refractivity contribution in [3.8, 4) is 0 Å². The van der Waals surface area contributed by atoms with Gasteiger partial charge in [0.1, 0.15) is 0 Å². The molecule has 0 spiro atoms. The van der Waals surface area contributed by atoms with Gasteiger partial charge in [-0.3, -0.25) is 4.79 Å². The number of hydrogen-bond acceptors (Lipinski definition) is 4. The number of carbonyl (C=O) groups is 1. The highest BCUT2D eigenvalue weighted by atomic mass is 35.5. The highest BCUT2D eigenvalue weighted by Crippen LogP contribution is 2.16. The Morgan fingerprint density at radius 3 is 2.61 bits per heavy atom. The molecule has 1 amide bonds. The first-order valence-corrected chi connectivity index (χ1v) is 12.0. The molecule has 0 bridgehead atoms. The molecule has 152 valence electrons. The Morgan fingerprint density at radius 2 is 1.89 bits per heavy atom. The number of sulfonamides is 1. The van der Waals surface area contributed by atoms with E-state index in [2.05, 4.69) is 5.32 Å². The topological polar surface area (TPSA) is 66.5 Å². The maximum absolute atomic E-state index is 12.4. The van der Waals surface area contributed by atoms with E-state index in [4.69, 9.17) is 11.6 Å². The quantitative estimate of drug-likeness (QED) is 0.540. The number of amides is 1. The Morgan fingerprint density at radius 1 is 1.14 bits per heavy atom. The minimum absolute atomic E-state index is 0.0612. The maximum Gasteiger partial charge on any atom is 0.242 e. The van der Waals surface area contributed by atoms with Gasteiger partial charge < -0.3 is 5.32 Å². The van der Waals surface area contributed by atoms with Crippen LogP contribution in [0, 0.1) is 0 Å². The van der Waals surface area contributed by atoms with E-state index in [1.807, 2.05) is 24.3 Å². The second kappa shape index (κ2) is 11.5. The molecule has 0 aliphatic carbocycles. The molecule has 28 heavy (non-hydrogen) atoms. The van der Waals surface area contributed by atoms with E-state index in [0.717, 1.165) is 22.1 Å². The molecule has 0 heterocycles. The molecule has 0 aliphatic rings. The van der Waals surface area contributed by atoms with E-state index >= 15 is 0 Å². The lowest BCUT2D eigenvalue weighted by molar-refractivity contribution is -0.121. The zero-order chi connectivity index (χ0) is 20.4. The Balaban J connectivity index is 1.61. The van der Waals surface area contributed by atoms with Crippen LogP contribution in [0.1, 0.15) is 18.4 Å². The molecular weight excluding hydrogens is 416 g/mol. The minimum atomic E-state index is -3.50. The summed E-state index contributed by atoms with van der Waals surface area (Å²) in [6.45, 7) is 0.885. The van der Waals surface area contributed by atoms with Crippen LogP contribution in [0.3, 0.4) is 0 Å². The smallest absolute Gasteiger partial charge is 0.242 e. The predicted molar refractivity (Wildman–Crippen MR) is 116 cm³/mol. The highest BCUT2D eigenvalue weighted by Gasteiger charge is 2.19. The van der Waals surface area contributed by atoms with Crippen molar-refractivity contribution < 1.29 is 13.2 Å². The van der Waals surface area contributed by atoms with E-state index in [1.165, 1.54) is 11.4 Å². The second-order valence-electron chi connectivity index (χ2n) is 6.28. The van der Waals surface area contributed by atoms with Gasteiger partial charge >= 0.3 is 0 Å². The van der Waals surface area contributed by atoms with Crippen LogP contribution in [-0.2, 0) is 20.6 Å². The first-order chi connectivity index (χ1) is 13.4. The number of rotatable bonds is 11. The summed E-state index contributed by atoms with van der Waals surface area (Å²) in [7, 11) is -1.97. The Labute approximate surface area is 176 Å². The highest BCUT2D eigenvalue weighted by molar-refractivity contribution is 7.98. The summed E-state index contributed by atoms with van der Waals surface area (Å²) in [6.07, 6.45) is 0.775. The molecule has 2 aromatic carbocycles. The van der Waals surface area contributed by atoms with Crippen LogP contribution in [0.4, 0.5) is 0 Å². The Hall–Kier alpha value is -1.54. The van der Waals surface area contributed by atoms with Crippen molar-refractivity contribution in [2.75, 3.05) is 25.9 Å². The van der Waals surface area contributed by atoms with E-state index in [-0.39, 0.29) is 10.8 Å². The van der Waals surface area contributed by atoms with Gasteiger partial charge in [-0.15, -0.1) is 0 Å². The molecule has 0 fully saturated rings. The van der Waals surface area contributed by atoms with Crippen LogP contribution in [-0.4, -0.2) is 44.5 Å². The summed E-state index contributed by atoms with van der Waals surface area (Å²) in [5.41, 5.74) is 1.16. The van der Waals surface area contributed by atoms with Crippen molar-refractivity contribution in [1.29, 1.82) is 0 Å². The average Bonchev–Trinajstić information content (AvgIpc) is 2.68. The van der Waals surface area contributed by atoms with Gasteiger partial charge in [0.2, 0.25) is 15.9 Å². The SMILES string of the molecule is CN(CCCC(=O)NCCSCc1cccc(Cl)c1)S(=O)(=O)c1ccccc1. The van der Waals surface area contributed by atoms with Crippen molar-refractivity contribution in [3.05, 3.63) is 65.2 Å². The summed E-state index contributed by atoms with van der Waals surface area (Å²) < 4.78 is 26.1. The van der Waals surface area contributed by atoms with Crippen LogP contribution in [0.5, 0.6) is 0 Å². The second-order valence-corrected chi connectivity index (χ2v) is 9.86. The Bertz CT molecular complexity index is 861. The van der Waals surface area contributed by atoms with Gasteiger partial charge in [-0.1, -0.05) is 41.9 Å². The number of benzene rings is 2. The minimum Gasteiger partial charge on any atom is -0.355 e. The first-order valence-electron chi connectivity index (χ1n) is 9.00. The number of hydrogen-bond donors (Lipinski definition) is 1. The molecule has 0 aliphatic heterocycles. The van der Waals surface area contributed by atoms with Crippen molar-refractivity contribution >= 4 is 39.3 Å². The van der Waals surface area contributed by atoms with Gasteiger partial charge in [0, 0.05) is 43.1 Å². The molecule has 0 atom stereocenters. The van der Waals surface area contributed by atoms with Gasteiger partial charge in [-0.2, -0.15) is 11.8 Å². The molecule has 1 N–H and O–H groups in total. The van der Waals surface area contributed by atoms with Gasteiger partial charge in [0.25, 0.3) is 0 Å². The van der Waals surface area contributed by atoms with E-state index in [0.29, 0.717) is 25.9 Å². The third kappa shape index (κ3) is 7.47. The fourth-order valence-corrected chi connectivity index (χ4v) is 4.77. The van der Waals surface area contributed by atoms with Crippen LogP contribution in [0.2, 0.25) is 5.02 Å². The average molecular weight is 441 g/mol. The number of nitrogens with zero attached hydrogens (tertiary/aromatic N) is 1. The number of carbonyl (C=O) groups excluding carboxylic acids is 1. The molecule has 0 saturated carbocycles. The fraction of sp³-hybridized carbons (Fsp3) is 0.350. The Kier molecular flexibility index (Phi) is 9.31. The summed E-state index contributed by atoms with van der Waals surface area (Å²) in [5.74, 6) is 1.59. The van der Waals surface area contributed by atoms with Crippen molar-refractivity contribution in [1.82, 2.24) is 9.62 Å². The van der Waals surface area contributed by atoms with Gasteiger partial charge in [0.05, 0.1) is 4.90 Å². The van der Waals surface area contributed by atoms with E-state index in [1.54, 1.807) is 42.1 Å². The molecule has 0 unspecified atom stereocenters. The molecule has 0 aromatic heterocycles. The van der Waals surface area contributed by atoms with Crippen molar-refractivity contribution in [2.45, 2.75) is 23.5 Å². The molecule has 8 heteroatoms. The van der Waals surface area contributed by atoms with Crippen LogP contribution in [0.15, 0.2) is 59.5 Å². The summed E-state index contributed by atoms with van der Waals surface area (Å²) in [5, 5.41) is 3.60. The van der Waals surface area contributed by atoms with Crippen molar-refractivity contribution in [2.24, 2.45) is 0 Å². The summed E-state index contributed by atoms with van der Waals surface area (Å²) >= 11 is 7.68. The molecular formula is C20H25ClN2O3S2. The standard InChI is InChI=1S/C20H25ClN2O3S2/c1-23(28(25,26)19-9-3-2-4-10-19)13-6-11-20(24)22-12-14-27-16-17-7-5-8-18(21)15-17/h2-5,7-10,15H,6,11-14,16H2,1H3,(H,22,24). The fourth-order valence-electron chi connectivity index (χ4n) is 2.52.